The zero-order valence-electron chi connectivity index (χ0n) is 19.3. The lowest BCUT2D eigenvalue weighted by Gasteiger charge is -2.39. The van der Waals surface area contributed by atoms with Crippen LogP contribution in [0.15, 0.2) is 36.4 Å². The molecule has 3 rings (SSSR count). The summed E-state index contributed by atoms with van der Waals surface area (Å²) in [6, 6.07) is 0.701. The van der Waals surface area contributed by atoms with Gasteiger partial charge in [0.1, 0.15) is 0 Å². The molecule has 2 aromatic carbocycles. The van der Waals surface area contributed by atoms with Crippen molar-refractivity contribution in [1.82, 2.24) is 4.90 Å². The summed E-state index contributed by atoms with van der Waals surface area (Å²) < 4.78 is 125. The molecule has 0 saturated carbocycles. The number of carbonyl (C=O) groups is 2. The van der Waals surface area contributed by atoms with Crippen molar-refractivity contribution < 1.29 is 58.9 Å². The second-order valence-electron chi connectivity index (χ2n) is 8.50. The number of ether oxygens (including phenoxy) is 1. The molecular formula is C23H19F9N2O4. The molecule has 0 saturated heterocycles. The van der Waals surface area contributed by atoms with Crippen LogP contribution in [0.4, 0.5) is 50.0 Å². The van der Waals surface area contributed by atoms with Crippen LogP contribution in [-0.2, 0) is 34.6 Å². The molecule has 6 nitrogen and oxygen atoms in total. The van der Waals surface area contributed by atoms with E-state index in [1.807, 2.05) is 0 Å². The monoisotopic (exact) mass is 558 g/mol. The first-order valence-corrected chi connectivity index (χ1v) is 10.7. The van der Waals surface area contributed by atoms with Crippen molar-refractivity contribution in [3.63, 3.8) is 0 Å². The number of alkyl halides is 9. The minimum absolute atomic E-state index is 0.00873. The van der Waals surface area contributed by atoms with Gasteiger partial charge in [-0.2, -0.15) is 39.5 Å². The number of nitrogens with zero attached hydrogens (tertiary/aromatic N) is 1. The summed E-state index contributed by atoms with van der Waals surface area (Å²) in [5, 5.41) is 11.9. The van der Waals surface area contributed by atoms with E-state index >= 15 is 0 Å². The highest BCUT2D eigenvalue weighted by Gasteiger charge is 2.40. The molecule has 2 N–H and O–H groups in total. The first kappa shape index (κ1) is 28.9. The van der Waals surface area contributed by atoms with Gasteiger partial charge in [-0.05, 0) is 53.9 Å². The SMILES string of the molecule is COC(=O)N(Cc1cc(C(F)(F)F)cc(C(F)(F)F)c1)[C@H]1C[C@@H](CC(=O)O)Nc2ccc(C(F)(F)F)cc21. The Labute approximate surface area is 209 Å². The predicted octanol–water partition coefficient (Wildman–Crippen LogP) is 6.71. The van der Waals surface area contributed by atoms with Crippen molar-refractivity contribution in [3.8, 4) is 0 Å². The molecule has 0 spiro atoms. The van der Waals surface area contributed by atoms with Crippen LogP contribution in [0.1, 0.15) is 46.7 Å². The molecule has 0 bridgehead atoms. The number of amides is 1. The van der Waals surface area contributed by atoms with E-state index in [9.17, 15) is 54.2 Å². The van der Waals surface area contributed by atoms with Crippen LogP contribution in [0, 0.1) is 0 Å². The smallest absolute Gasteiger partial charge is 0.416 e. The Morgan fingerprint density at radius 1 is 0.921 bits per heavy atom. The Balaban J connectivity index is 2.15. The predicted molar refractivity (Wildman–Crippen MR) is 113 cm³/mol. The van der Waals surface area contributed by atoms with Crippen molar-refractivity contribution in [2.24, 2.45) is 0 Å². The molecular weight excluding hydrogens is 539 g/mol. The van der Waals surface area contributed by atoms with Gasteiger partial charge in [-0.1, -0.05) is 0 Å². The van der Waals surface area contributed by atoms with E-state index in [0.717, 1.165) is 13.2 Å². The second-order valence-corrected chi connectivity index (χ2v) is 8.50. The Bertz CT molecular complexity index is 1180. The molecule has 15 heteroatoms. The second kappa shape index (κ2) is 10.3. The lowest BCUT2D eigenvalue weighted by molar-refractivity contribution is -0.143. The summed E-state index contributed by atoms with van der Waals surface area (Å²) >= 11 is 0. The van der Waals surface area contributed by atoms with Gasteiger partial charge in [0, 0.05) is 18.3 Å². The van der Waals surface area contributed by atoms with Crippen LogP contribution in [0.5, 0.6) is 0 Å². The van der Waals surface area contributed by atoms with Gasteiger partial charge in [0.05, 0.1) is 36.3 Å². The van der Waals surface area contributed by atoms with Crippen molar-refractivity contribution >= 4 is 17.7 Å². The van der Waals surface area contributed by atoms with Gasteiger partial charge in [0.25, 0.3) is 0 Å². The number of rotatable bonds is 5. The minimum atomic E-state index is -5.18. The van der Waals surface area contributed by atoms with Crippen LogP contribution in [0.25, 0.3) is 0 Å². The molecule has 1 heterocycles. The Hall–Kier alpha value is -3.65. The van der Waals surface area contributed by atoms with Crippen molar-refractivity contribution in [2.45, 2.75) is 50.0 Å². The lowest BCUT2D eigenvalue weighted by Crippen LogP contribution is -2.41. The van der Waals surface area contributed by atoms with E-state index < -0.39 is 77.9 Å². The number of hydrogen-bond donors (Lipinski definition) is 2. The van der Waals surface area contributed by atoms with Crippen LogP contribution in [-0.4, -0.2) is 35.2 Å². The minimum Gasteiger partial charge on any atom is -0.481 e. The van der Waals surface area contributed by atoms with E-state index in [0.29, 0.717) is 29.2 Å². The van der Waals surface area contributed by atoms with Gasteiger partial charge in [-0.25, -0.2) is 4.79 Å². The molecule has 0 aromatic heterocycles. The van der Waals surface area contributed by atoms with E-state index in [1.165, 1.54) is 0 Å². The van der Waals surface area contributed by atoms with E-state index in [-0.39, 0.29) is 23.7 Å². The highest BCUT2D eigenvalue weighted by atomic mass is 19.4. The topological polar surface area (TPSA) is 78.9 Å². The number of carboxylic acid groups (broad SMARTS) is 1. The summed E-state index contributed by atoms with van der Waals surface area (Å²) in [5.74, 6) is -1.30. The summed E-state index contributed by atoms with van der Waals surface area (Å²) in [7, 11) is 0.867. The fraction of sp³-hybridized carbons (Fsp3) is 0.391. The molecule has 2 atom stereocenters. The molecule has 0 fully saturated rings. The maximum Gasteiger partial charge on any atom is 0.416 e. The number of halogens is 9. The molecule has 0 aliphatic carbocycles. The standard InChI is InChI=1S/C23H19F9N2O4/c1-38-20(37)34(10-11-4-13(22(27,28)29)6-14(5-11)23(30,31)32)18-8-15(9-19(35)36)33-17-3-2-12(7-16(17)18)21(24,25)26/h2-7,15,18,33H,8-10H2,1H3,(H,35,36)/t15-,18-/m0/s1. The third-order valence-corrected chi connectivity index (χ3v) is 5.81. The number of carbonyl (C=O) groups excluding carboxylic acids is 1. The molecule has 1 amide bonds. The number of methoxy groups -OCH3 is 1. The number of carboxylic acids is 1. The Morgan fingerprint density at radius 2 is 1.47 bits per heavy atom. The molecule has 2 aromatic rings. The molecule has 1 aliphatic rings. The maximum atomic E-state index is 13.4. The molecule has 208 valence electrons. The van der Waals surface area contributed by atoms with E-state index in [2.05, 4.69) is 10.1 Å². The summed E-state index contributed by atoms with van der Waals surface area (Å²) in [4.78, 5) is 24.6. The van der Waals surface area contributed by atoms with Crippen LogP contribution in [0.3, 0.4) is 0 Å². The van der Waals surface area contributed by atoms with Crippen molar-refractivity contribution in [2.75, 3.05) is 12.4 Å². The quantitative estimate of drug-likeness (QED) is 0.399. The summed E-state index contributed by atoms with van der Waals surface area (Å²) in [6.07, 6.45) is -17.3. The first-order valence-electron chi connectivity index (χ1n) is 10.7. The molecule has 38 heavy (non-hydrogen) atoms. The largest absolute Gasteiger partial charge is 0.481 e. The third kappa shape index (κ3) is 6.61. The van der Waals surface area contributed by atoms with Crippen LogP contribution >= 0.6 is 0 Å². The highest BCUT2D eigenvalue weighted by molar-refractivity contribution is 5.72. The number of hydrogen-bond acceptors (Lipinski definition) is 4. The Kier molecular flexibility index (Phi) is 7.80. The van der Waals surface area contributed by atoms with Crippen LogP contribution in [0.2, 0.25) is 0 Å². The average Bonchev–Trinajstić information content (AvgIpc) is 2.79. The van der Waals surface area contributed by atoms with E-state index in [4.69, 9.17) is 0 Å². The first-order chi connectivity index (χ1) is 17.4. The Morgan fingerprint density at radius 3 is 1.95 bits per heavy atom. The zero-order valence-corrected chi connectivity index (χ0v) is 19.3. The van der Waals surface area contributed by atoms with Gasteiger partial charge in [0.15, 0.2) is 0 Å². The third-order valence-electron chi connectivity index (χ3n) is 5.81. The number of fused-ring (bicyclic) bond motifs is 1. The van der Waals surface area contributed by atoms with Gasteiger partial charge in [-0.3, -0.25) is 9.69 Å². The summed E-state index contributed by atoms with van der Waals surface area (Å²) in [5.41, 5.74) is -5.23. The number of nitrogens with one attached hydrogen (secondary N) is 1. The molecule has 0 unspecified atom stereocenters. The van der Waals surface area contributed by atoms with Crippen molar-refractivity contribution in [3.05, 3.63) is 64.2 Å². The van der Waals surface area contributed by atoms with Crippen LogP contribution < -0.4 is 5.32 Å². The molecule has 1 aliphatic heterocycles. The van der Waals surface area contributed by atoms with Gasteiger partial charge < -0.3 is 15.2 Å². The van der Waals surface area contributed by atoms with Crippen molar-refractivity contribution in [1.29, 1.82) is 0 Å². The maximum absolute atomic E-state index is 13.4. The van der Waals surface area contributed by atoms with Gasteiger partial charge >= 0.3 is 30.6 Å². The molecule has 0 radical (unpaired) electrons. The van der Waals surface area contributed by atoms with E-state index in [1.54, 1.807) is 0 Å². The number of aliphatic carboxylic acids is 1. The fourth-order valence-electron chi connectivity index (χ4n) is 4.19. The lowest BCUT2D eigenvalue weighted by atomic mass is 9.88. The number of benzene rings is 2. The highest BCUT2D eigenvalue weighted by Crippen LogP contribution is 2.43. The van der Waals surface area contributed by atoms with Gasteiger partial charge in [0.2, 0.25) is 0 Å². The van der Waals surface area contributed by atoms with Gasteiger partial charge in [-0.15, -0.1) is 0 Å². The fourth-order valence-corrected chi connectivity index (χ4v) is 4.19. The number of anilines is 1. The summed E-state index contributed by atoms with van der Waals surface area (Å²) in [6.45, 7) is -0.917. The normalized spacial score (nSPS) is 17.8. The average molecular weight is 558 g/mol. The zero-order chi connectivity index (χ0) is 28.6.